The second kappa shape index (κ2) is 8.95. The van der Waals surface area contributed by atoms with E-state index in [4.69, 9.17) is 4.74 Å². The molecule has 1 aromatic carbocycles. The van der Waals surface area contributed by atoms with Crippen LogP contribution in [0.5, 0.6) is 5.88 Å². The third kappa shape index (κ3) is 4.25. The van der Waals surface area contributed by atoms with Crippen LogP contribution < -0.4 is 15.0 Å². The molecule has 0 bridgehead atoms. The molecule has 0 atom stereocenters. The summed E-state index contributed by atoms with van der Waals surface area (Å²) in [7, 11) is 1.52. The molecule has 3 aromatic rings. The number of aromatic nitrogens is 4. The lowest BCUT2D eigenvalue weighted by Crippen LogP contribution is -2.25. The van der Waals surface area contributed by atoms with E-state index in [9.17, 15) is 9.59 Å². The fraction of sp³-hybridized carbons (Fsp3) is 0.318. The molecule has 160 valence electrons. The van der Waals surface area contributed by atoms with Crippen LogP contribution in [0.2, 0.25) is 0 Å². The van der Waals surface area contributed by atoms with Crippen molar-refractivity contribution in [3.8, 4) is 11.7 Å². The summed E-state index contributed by atoms with van der Waals surface area (Å²) >= 11 is 0. The summed E-state index contributed by atoms with van der Waals surface area (Å²) in [5, 5.41) is 15.4. The number of carbonyl (C=O) groups is 2. The van der Waals surface area contributed by atoms with Crippen LogP contribution in [0.4, 0.5) is 5.69 Å². The molecule has 9 nitrogen and oxygen atoms in total. The average molecular weight is 420 g/mol. The zero-order valence-electron chi connectivity index (χ0n) is 17.5. The smallest absolute Gasteiger partial charge is 0.255 e. The van der Waals surface area contributed by atoms with E-state index in [1.807, 2.05) is 31.2 Å². The average Bonchev–Trinajstić information content (AvgIpc) is 3.43. The van der Waals surface area contributed by atoms with Gasteiger partial charge in [0.15, 0.2) is 5.82 Å². The Bertz CT molecular complexity index is 1090. The zero-order valence-corrected chi connectivity index (χ0v) is 17.5. The third-order valence-corrected chi connectivity index (χ3v) is 5.25. The second-order valence-corrected chi connectivity index (χ2v) is 7.21. The number of hydrogen-bond donors (Lipinski definition) is 1. The highest BCUT2D eigenvalue weighted by Crippen LogP contribution is 2.22. The SMILES string of the molecule is CCc1c(C(=O)NCc2cccc(N3CCCC3=O)c2)cnn1-c1ccc(OC)nn1. The van der Waals surface area contributed by atoms with Gasteiger partial charge in [-0.3, -0.25) is 9.59 Å². The summed E-state index contributed by atoms with van der Waals surface area (Å²) in [5.74, 6) is 0.847. The normalized spacial score (nSPS) is 13.5. The van der Waals surface area contributed by atoms with Gasteiger partial charge in [-0.15, -0.1) is 10.2 Å². The topological polar surface area (TPSA) is 102 Å². The van der Waals surface area contributed by atoms with E-state index in [-0.39, 0.29) is 11.8 Å². The summed E-state index contributed by atoms with van der Waals surface area (Å²) < 4.78 is 6.65. The van der Waals surface area contributed by atoms with Crippen LogP contribution in [-0.4, -0.2) is 45.4 Å². The minimum atomic E-state index is -0.216. The Balaban J connectivity index is 1.48. The maximum absolute atomic E-state index is 12.9. The van der Waals surface area contributed by atoms with Gasteiger partial charge in [0.1, 0.15) is 0 Å². The predicted octanol–water partition coefficient (Wildman–Crippen LogP) is 2.29. The first-order valence-electron chi connectivity index (χ1n) is 10.2. The molecule has 0 spiro atoms. The number of rotatable bonds is 7. The Kier molecular flexibility index (Phi) is 5.92. The minimum Gasteiger partial charge on any atom is -0.480 e. The quantitative estimate of drug-likeness (QED) is 0.629. The Morgan fingerprint density at radius 3 is 2.77 bits per heavy atom. The van der Waals surface area contributed by atoms with Crippen LogP contribution in [0.1, 0.15) is 41.4 Å². The second-order valence-electron chi connectivity index (χ2n) is 7.21. The summed E-state index contributed by atoms with van der Waals surface area (Å²) in [6.07, 6.45) is 3.61. The first kappa shape index (κ1) is 20.5. The number of ether oxygens (including phenoxy) is 1. The molecule has 1 aliphatic rings. The molecule has 1 aliphatic heterocycles. The highest BCUT2D eigenvalue weighted by molar-refractivity contribution is 5.96. The van der Waals surface area contributed by atoms with Crippen LogP contribution in [0.25, 0.3) is 5.82 Å². The van der Waals surface area contributed by atoms with E-state index in [1.165, 1.54) is 7.11 Å². The molecule has 0 unspecified atom stereocenters. The number of anilines is 1. The molecular formula is C22H24N6O3. The highest BCUT2D eigenvalue weighted by Gasteiger charge is 2.22. The maximum Gasteiger partial charge on any atom is 0.255 e. The van der Waals surface area contributed by atoms with Gasteiger partial charge in [-0.1, -0.05) is 19.1 Å². The van der Waals surface area contributed by atoms with Gasteiger partial charge in [-0.05, 0) is 36.6 Å². The van der Waals surface area contributed by atoms with E-state index in [2.05, 4.69) is 20.6 Å². The van der Waals surface area contributed by atoms with Crippen LogP contribution >= 0.6 is 0 Å². The number of carbonyl (C=O) groups excluding carboxylic acids is 2. The lowest BCUT2D eigenvalue weighted by molar-refractivity contribution is -0.117. The molecule has 1 N–H and O–H groups in total. The first-order chi connectivity index (χ1) is 15.1. The summed E-state index contributed by atoms with van der Waals surface area (Å²) in [5.41, 5.74) is 3.03. The van der Waals surface area contributed by atoms with E-state index in [1.54, 1.807) is 27.9 Å². The van der Waals surface area contributed by atoms with E-state index in [0.717, 1.165) is 29.9 Å². The highest BCUT2D eigenvalue weighted by atomic mass is 16.5. The van der Waals surface area contributed by atoms with Crippen molar-refractivity contribution in [1.82, 2.24) is 25.3 Å². The van der Waals surface area contributed by atoms with Crippen LogP contribution in [0.15, 0.2) is 42.6 Å². The fourth-order valence-corrected chi connectivity index (χ4v) is 3.67. The molecule has 0 radical (unpaired) electrons. The van der Waals surface area contributed by atoms with Crippen LogP contribution in [0, 0.1) is 0 Å². The molecular weight excluding hydrogens is 396 g/mol. The van der Waals surface area contributed by atoms with Crippen molar-refractivity contribution in [1.29, 1.82) is 0 Å². The summed E-state index contributed by atoms with van der Waals surface area (Å²) in [6.45, 7) is 3.05. The number of amides is 2. The number of methoxy groups -OCH3 is 1. The lowest BCUT2D eigenvalue weighted by atomic mass is 10.1. The number of benzene rings is 1. The molecule has 31 heavy (non-hydrogen) atoms. The van der Waals surface area contributed by atoms with Crippen molar-refractivity contribution >= 4 is 17.5 Å². The van der Waals surface area contributed by atoms with Crippen LogP contribution in [0.3, 0.4) is 0 Å². The number of nitrogens with zero attached hydrogens (tertiary/aromatic N) is 5. The molecule has 1 fully saturated rings. The predicted molar refractivity (Wildman–Crippen MR) is 114 cm³/mol. The molecule has 2 amide bonds. The van der Waals surface area contributed by atoms with Crippen molar-refractivity contribution in [2.45, 2.75) is 32.7 Å². The van der Waals surface area contributed by atoms with Gasteiger partial charge in [0, 0.05) is 31.3 Å². The first-order valence-corrected chi connectivity index (χ1v) is 10.2. The third-order valence-electron chi connectivity index (χ3n) is 5.25. The number of hydrogen-bond acceptors (Lipinski definition) is 6. The Labute approximate surface area is 180 Å². The zero-order chi connectivity index (χ0) is 21.8. The van der Waals surface area contributed by atoms with Crippen molar-refractivity contribution in [3.63, 3.8) is 0 Å². The van der Waals surface area contributed by atoms with Crippen molar-refractivity contribution < 1.29 is 14.3 Å². The minimum absolute atomic E-state index is 0.141. The molecule has 2 aromatic heterocycles. The van der Waals surface area contributed by atoms with Crippen molar-refractivity contribution in [3.05, 3.63) is 59.4 Å². The van der Waals surface area contributed by atoms with E-state index >= 15 is 0 Å². The number of nitrogens with one attached hydrogen (secondary N) is 1. The van der Waals surface area contributed by atoms with Gasteiger partial charge in [0.05, 0.1) is 24.6 Å². The largest absolute Gasteiger partial charge is 0.480 e. The van der Waals surface area contributed by atoms with Gasteiger partial charge in [0.25, 0.3) is 5.91 Å². The molecule has 0 saturated carbocycles. The van der Waals surface area contributed by atoms with Gasteiger partial charge in [0.2, 0.25) is 11.8 Å². The van der Waals surface area contributed by atoms with E-state index in [0.29, 0.717) is 36.6 Å². The Morgan fingerprint density at radius 2 is 2.10 bits per heavy atom. The molecule has 3 heterocycles. The van der Waals surface area contributed by atoms with Crippen LogP contribution in [-0.2, 0) is 17.8 Å². The Morgan fingerprint density at radius 1 is 1.23 bits per heavy atom. The van der Waals surface area contributed by atoms with Gasteiger partial charge < -0.3 is 15.0 Å². The van der Waals surface area contributed by atoms with Crippen molar-refractivity contribution in [2.75, 3.05) is 18.6 Å². The molecule has 4 rings (SSSR count). The van der Waals surface area contributed by atoms with Gasteiger partial charge in [-0.2, -0.15) is 5.10 Å². The molecule has 9 heteroatoms. The van der Waals surface area contributed by atoms with Crippen molar-refractivity contribution in [2.24, 2.45) is 0 Å². The van der Waals surface area contributed by atoms with Gasteiger partial charge in [-0.25, -0.2) is 4.68 Å². The lowest BCUT2D eigenvalue weighted by Gasteiger charge is -2.16. The summed E-state index contributed by atoms with van der Waals surface area (Å²) in [6, 6.07) is 11.1. The molecule has 0 aliphatic carbocycles. The monoisotopic (exact) mass is 420 g/mol. The van der Waals surface area contributed by atoms with Gasteiger partial charge >= 0.3 is 0 Å². The maximum atomic E-state index is 12.9. The fourth-order valence-electron chi connectivity index (χ4n) is 3.67. The molecule has 1 saturated heterocycles. The standard InChI is InChI=1S/C22H24N6O3/c1-3-18-17(14-24-28(18)19-9-10-20(31-2)26-25-19)22(30)23-13-15-6-4-7-16(12-15)27-11-5-8-21(27)29/h4,6-7,9-10,12,14H,3,5,8,11,13H2,1-2H3,(H,23,30). The summed E-state index contributed by atoms with van der Waals surface area (Å²) in [4.78, 5) is 26.6. The Hall–Kier alpha value is -3.75. The van der Waals surface area contributed by atoms with E-state index < -0.39 is 0 Å².